The molecule has 2 heterocycles. The van der Waals surface area contributed by atoms with E-state index in [4.69, 9.17) is 0 Å². The molecule has 0 unspecified atom stereocenters. The summed E-state index contributed by atoms with van der Waals surface area (Å²) in [5, 5.41) is 4.46. The quantitative estimate of drug-likeness (QED) is 0.751. The highest BCUT2D eigenvalue weighted by Crippen LogP contribution is 2.15. The average molecular weight is 361 g/mol. The SMILES string of the molecule is O=C(NC1CCN(Cc2ccccc2)CC1)c1cc2ccccc2c(=O)[nH]1. The first kappa shape index (κ1) is 17.5. The molecule has 0 atom stereocenters. The van der Waals surface area contributed by atoms with Gasteiger partial charge in [0.15, 0.2) is 0 Å². The highest BCUT2D eigenvalue weighted by Gasteiger charge is 2.21. The van der Waals surface area contributed by atoms with Crippen LogP contribution in [0.5, 0.6) is 0 Å². The van der Waals surface area contributed by atoms with E-state index in [2.05, 4.69) is 39.5 Å². The molecule has 27 heavy (non-hydrogen) atoms. The maximum Gasteiger partial charge on any atom is 0.268 e. The van der Waals surface area contributed by atoms with Crippen LogP contribution in [-0.4, -0.2) is 34.9 Å². The number of H-pyrrole nitrogens is 1. The first-order valence-electron chi connectivity index (χ1n) is 9.38. The van der Waals surface area contributed by atoms with Gasteiger partial charge in [0, 0.05) is 31.1 Å². The number of benzene rings is 2. The third-order valence-corrected chi connectivity index (χ3v) is 5.17. The van der Waals surface area contributed by atoms with Crippen LogP contribution in [0.1, 0.15) is 28.9 Å². The average Bonchev–Trinajstić information content (AvgIpc) is 2.70. The number of piperidine rings is 1. The maximum atomic E-state index is 12.6. The van der Waals surface area contributed by atoms with Crippen LogP contribution >= 0.6 is 0 Å². The van der Waals surface area contributed by atoms with Gasteiger partial charge >= 0.3 is 0 Å². The smallest absolute Gasteiger partial charge is 0.268 e. The predicted octanol–water partition coefficient (Wildman–Crippen LogP) is 2.92. The number of fused-ring (bicyclic) bond motifs is 1. The van der Waals surface area contributed by atoms with Gasteiger partial charge in [0.1, 0.15) is 5.69 Å². The van der Waals surface area contributed by atoms with Crippen LogP contribution in [0.4, 0.5) is 0 Å². The summed E-state index contributed by atoms with van der Waals surface area (Å²) in [6.07, 6.45) is 1.83. The number of aromatic nitrogens is 1. The van der Waals surface area contributed by atoms with Gasteiger partial charge in [-0.2, -0.15) is 0 Å². The first-order valence-corrected chi connectivity index (χ1v) is 9.38. The topological polar surface area (TPSA) is 65.2 Å². The van der Waals surface area contributed by atoms with Crippen molar-refractivity contribution in [3.63, 3.8) is 0 Å². The number of amides is 1. The largest absolute Gasteiger partial charge is 0.348 e. The third kappa shape index (κ3) is 4.09. The summed E-state index contributed by atoms with van der Waals surface area (Å²) in [6, 6.07) is 19.6. The Labute approximate surface area is 158 Å². The van der Waals surface area contributed by atoms with E-state index < -0.39 is 0 Å². The number of nitrogens with zero attached hydrogens (tertiary/aromatic N) is 1. The molecule has 1 saturated heterocycles. The zero-order valence-corrected chi connectivity index (χ0v) is 15.2. The van der Waals surface area contributed by atoms with Crippen molar-refractivity contribution < 1.29 is 4.79 Å². The molecule has 0 radical (unpaired) electrons. The van der Waals surface area contributed by atoms with Crippen LogP contribution in [0.15, 0.2) is 65.5 Å². The Morgan fingerprint density at radius 2 is 1.74 bits per heavy atom. The second-order valence-electron chi connectivity index (χ2n) is 7.11. The summed E-state index contributed by atoms with van der Waals surface area (Å²) in [4.78, 5) is 29.9. The summed E-state index contributed by atoms with van der Waals surface area (Å²) in [6.45, 7) is 2.85. The van der Waals surface area contributed by atoms with Crippen molar-refractivity contribution in [3.05, 3.63) is 82.3 Å². The fourth-order valence-electron chi connectivity index (χ4n) is 3.67. The zero-order chi connectivity index (χ0) is 18.6. The predicted molar refractivity (Wildman–Crippen MR) is 107 cm³/mol. The van der Waals surface area contributed by atoms with Crippen LogP contribution < -0.4 is 10.9 Å². The van der Waals surface area contributed by atoms with Crippen molar-refractivity contribution in [3.8, 4) is 0 Å². The lowest BCUT2D eigenvalue weighted by Crippen LogP contribution is -2.44. The van der Waals surface area contributed by atoms with Crippen molar-refractivity contribution in [2.45, 2.75) is 25.4 Å². The van der Waals surface area contributed by atoms with Gasteiger partial charge in [0.05, 0.1) is 0 Å². The van der Waals surface area contributed by atoms with Gasteiger partial charge in [-0.1, -0.05) is 48.5 Å². The molecular formula is C22H23N3O2. The van der Waals surface area contributed by atoms with Crippen molar-refractivity contribution >= 4 is 16.7 Å². The van der Waals surface area contributed by atoms with Crippen molar-refractivity contribution in [2.75, 3.05) is 13.1 Å². The zero-order valence-electron chi connectivity index (χ0n) is 15.2. The van der Waals surface area contributed by atoms with Gasteiger partial charge in [-0.3, -0.25) is 14.5 Å². The molecule has 1 aromatic heterocycles. The number of carbonyl (C=O) groups excluding carboxylic acids is 1. The minimum absolute atomic E-state index is 0.138. The molecule has 1 aliphatic rings. The highest BCUT2D eigenvalue weighted by molar-refractivity contribution is 5.96. The summed E-state index contributed by atoms with van der Waals surface area (Å²) in [7, 11) is 0. The van der Waals surface area contributed by atoms with E-state index >= 15 is 0 Å². The number of carbonyl (C=O) groups is 1. The van der Waals surface area contributed by atoms with E-state index in [9.17, 15) is 9.59 Å². The lowest BCUT2D eigenvalue weighted by atomic mass is 10.0. The van der Waals surface area contributed by atoms with Crippen LogP contribution in [0.25, 0.3) is 10.8 Å². The maximum absolute atomic E-state index is 12.6. The van der Waals surface area contributed by atoms with E-state index in [1.807, 2.05) is 24.3 Å². The van der Waals surface area contributed by atoms with Crippen LogP contribution in [-0.2, 0) is 6.54 Å². The van der Waals surface area contributed by atoms with Gasteiger partial charge in [-0.15, -0.1) is 0 Å². The van der Waals surface area contributed by atoms with Gasteiger partial charge in [-0.25, -0.2) is 0 Å². The number of rotatable bonds is 4. The molecule has 1 fully saturated rings. The summed E-state index contributed by atoms with van der Waals surface area (Å²) in [5.41, 5.74) is 1.41. The minimum Gasteiger partial charge on any atom is -0.348 e. The Kier molecular flexibility index (Phi) is 5.03. The Morgan fingerprint density at radius 3 is 2.52 bits per heavy atom. The van der Waals surface area contributed by atoms with E-state index in [-0.39, 0.29) is 17.5 Å². The first-order chi connectivity index (χ1) is 13.2. The third-order valence-electron chi connectivity index (χ3n) is 5.17. The van der Waals surface area contributed by atoms with Crippen LogP contribution in [0.3, 0.4) is 0 Å². The van der Waals surface area contributed by atoms with E-state index in [1.54, 1.807) is 12.1 Å². The summed E-state index contributed by atoms with van der Waals surface area (Å²) in [5.74, 6) is -0.209. The van der Waals surface area contributed by atoms with Gasteiger partial charge < -0.3 is 10.3 Å². The van der Waals surface area contributed by atoms with Crippen molar-refractivity contribution in [1.29, 1.82) is 0 Å². The number of hydrogen-bond donors (Lipinski definition) is 2. The Bertz CT molecular complexity index is 989. The highest BCUT2D eigenvalue weighted by atomic mass is 16.2. The number of nitrogens with one attached hydrogen (secondary N) is 2. The molecule has 0 spiro atoms. The van der Waals surface area contributed by atoms with Gasteiger partial charge in [0.2, 0.25) is 0 Å². The molecule has 0 saturated carbocycles. The van der Waals surface area contributed by atoms with Gasteiger partial charge in [-0.05, 0) is 35.9 Å². The molecular weight excluding hydrogens is 338 g/mol. The van der Waals surface area contributed by atoms with Crippen molar-refractivity contribution in [2.24, 2.45) is 0 Å². The second-order valence-corrected chi connectivity index (χ2v) is 7.11. The molecule has 1 aliphatic heterocycles. The lowest BCUT2D eigenvalue weighted by molar-refractivity contribution is 0.0904. The molecule has 1 amide bonds. The standard InChI is InChI=1S/C22H23N3O2/c26-21-19-9-5-4-8-17(19)14-20(24-21)22(27)23-18-10-12-25(13-11-18)15-16-6-2-1-3-7-16/h1-9,14,18H,10-13,15H2,(H,23,27)(H,24,26). The van der Waals surface area contributed by atoms with E-state index in [0.29, 0.717) is 11.1 Å². The van der Waals surface area contributed by atoms with E-state index in [1.165, 1.54) is 5.56 Å². The molecule has 2 aromatic carbocycles. The molecule has 0 bridgehead atoms. The lowest BCUT2D eigenvalue weighted by Gasteiger charge is -2.32. The molecule has 5 nitrogen and oxygen atoms in total. The molecule has 3 aromatic rings. The normalized spacial score (nSPS) is 15.7. The summed E-state index contributed by atoms with van der Waals surface area (Å²) < 4.78 is 0. The summed E-state index contributed by atoms with van der Waals surface area (Å²) >= 11 is 0. The fraction of sp³-hybridized carbons (Fsp3) is 0.273. The number of likely N-dealkylation sites (tertiary alicyclic amines) is 1. The number of aromatic amines is 1. The number of pyridine rings is 1. The molecule has 0 aliphatic carbocycles. The number of hydrogen-bond acceptors (Lipinski definition) is 3. The Hall–Kier alpha value is -2.92. The van der Waals surface area contributed by atoms with Crippen LogP contribution in [0, 0.1) is 0 Å². The minimum atomic E-state index is -0.226. The molecule has 5 heteroatoms. The second kappa shape index (κ2) is 7.76. The monoisotopic (exact) mass is 361 g/mol. The molecule has 138 valence electrons. The van der Waals surface area contributed by atoms with Gasteiger partial charge in [0.25, 0.3) is 11.5 Å². The molecule has 2 N–H and O–H groups in total. The molecule has 4 rings (SSSR count). The Balaban J connectivity index is 1.36. The van der Waals surface area contributed by atoms with E-state index in [0.717, 1.165) is 37.9 Å². The van der Waals surface area contributed by atoms with Crippen LogP contribution in [0.2, 0.25) is 0 Å². The van der Waals surface area contributed by atoms with Crippen molar-refractivity contribution in [1.82, 2.24) is 15.2 Å². The Morgan fingerprint density at radius 1 is 1.04 bits per heavy atom. The fourth-order valence-corrected chi connectivity index (χ4v) is 3.67.